The van der Waals surface area contributed by atoms with Crippen LogP contribution < -0.4 is 5.32 Å². The highest BCUT2D eigenvalue weighted by molar-refractivity contribution is 5.85. The lowest BCUT2D eigenvalue weighted by atomic mass is 9.89. The van der Waals surface area contributed by atoms with Crippen LogP contribution in [0.5, 0.6) is 0 Å². The van der Waals surface area contributed by atoms with E-state index in [0.717, 1.165) is 24.8 Å². The fourth-order valence-corrected chi connectivity index (χ4v) is 4.09. The van der Waals surface area contributed by atoms with Crippen molar-refractivity contribution < 1.29 is 4.52 Å². The normalized spacial score (nSPS) is 29.1. The number of halogens is 1. The lowest BCUT2D eigenvalue weighted by molar-refractivity contribution is 0.308. The summed E-state index contributed by atoms with van der Waals surface area (Å²) in [4.78, 5) is 4.75. The summed E-state index contributed by atoms with van der Waals surface area (Å²) >= 11 is 0. The first-order chi connectivity index (χ1) is 9.37. The van der Waals surface area contributed by atoms with Crippen LogP contribution in [0.1, 0.15) is 74.9 Å². The summed E-state index contributed by atoms with van der Waals surface area (Å²) in [6.07, 6.45) is 10.3. The van der Waals surface area contributed by atoms with Crippen molar-refractivity contribution in [3.63, 3.8) is 0 Å². The summed E-state index contributed by atoms with van der Waals surface area (Å²) in [5.74, 6) is 3.04. The van der Waals surface area contributed by atoms with E-state index in [1.165, 1.54) is 51.4 Å². The molecule has 1 saturated heterocycles. The highest BCUT2D eigenvalue weighted by Crippen LogP contribution is 2.63. The Morgan fingerprint density at radius 2 is 1.85 bits per heavy atom. The van der Waals surface area contributed by atoms with Gasteiger partial charge < -0.3 is 9.84 Å². The van der Waals surface area contributed by atoms with Crippen molar-refractivity contribution in [1.29, 1.82) is 0 Å². The van der Waals surface area contributed by atoms with Gasteiger partial charge in [0.15, 0.2) is 5.82 Å². The van der Waals surface area contributed by atoms with E-state index in [9.17, 15) is 0 Å². The molecule has 1 aromatic heterocycles. The van der Waals surface area contributed by atoms with Crippen molar-refractivity contribution in [2.75, 3.05) is 13.1 Å². The summed E-state index contributed by atoms with van der Waals surface area (Å²) in [5, 5.41) is 7.72. The monoisotopic (exact) mass is 297 g/mol. The average molecular weight is 298 g/mol. The second-order valence-electron chi connectivity index (χ2n) is 6.69. The van der Waals surface area contributed by atoms with Crippen LogP contribution in [-0.2, 0) is 0 Å². The summed E-state index contributed by atoms with van der Waals surface area (Å²) in [5.41, 5.74) is 0.502. The van der Waals surface area contributed by atoms with Crippen molar-refractivity contribution in [3.05, 3.63) is 11.7 Å². The Kier molecular flexibility index (Phi) is 4.04. The molecule has 0 radical (unpaired) electrons. The van der Waals surface area contributed by atoms with Crippen LogP contribution in [0.4, 0.5) is 0 Å². The molecule has 2 aliphatic carbocycles. The smallest absolute Gasteiger partial charge is 0.230 e. The van der Waals surface area contributed by atoms with Crippen LogP contribution in [0.25, 0.3) is 0 Å². The van der Waals surface area contributed by atoms with E-state index >= 15 is 0 Å². The molecule has 0 aromatic carbocycles. The minimum Gasteiger partial charge on any atom is -0.339 e. The molecular weight excluding hydrogens is 274 g/mol. The predicted molar refractivity (Wildman–Crippen MR) is 79.3 cm³/mol. The number of nitrogens with zero attached hydrogens (tertiary/aromatic N) is 2. The summed E-state index contributed by atoms with van der Waals surface area (Å²) in [7, 11) is 0. The third-order valence-electron chi connectivity index (χ3n) is 5.51. The molecule has 5 heteroatoms. The molecule has 2 saturated carbocycles. The maximum atomic E-state index is 5.59. The van der Waals surface area contributed by atoms with E-state index in [4.69, 9.17) is 9.51 Å². The first-order valence-electron chi connectivity index (χ1n) is 7.92. The fraction of sp³-hybridized carbons (Fsp3) is 0.867. The van der Waals surface area contributed by atoms with Gasteiger partial charge in [0.05, 0.1) is 0 Å². The maximum Gasteiger partial charge on any atom is 0.230 e. The molecule has 112 valence electrons. The number of hydrogen-bond donors (Lipinski definition) is 1. The molecular formula is C15H24ClN3O. The number of hydrogen-bond acceptors (Lipinski definition) is 4. The zero-order chi connectivity index (χ0) is 12.7. The van der Waals surface area contributed by atoms with E-state index in [-0.39, 0.29) is 12.4 Å². The van der Waals surface area contributed by atoms with Crippen molar-refractivity contribution >= 4 is 12.4 Å². The lowest BCUT2D eigenvalue weighted by Crippen LogP contribution is -2.29. The van der Waals surface area contributed by atoms with E-state index in [1.807, 2.05) is 0 Å². The summed E-state index contributed by atoms with van der Waals surface area (Å²) in [6.45, 7) is 2.31. The van der Waals surface area contributed by atoms with Gasteiger partial charge in [0.2, 0.25) is 5.89 Å². The van der Waals surface area contributed by atoms with E-state index in [0.29, 0.717) is 17.3 Å². The molecule has 3 fully saturated rings. The van der Waals surface area contributed by atoms with Crippen LogP contribution in [0, 0.1) is 5.41 Å². The highest BCUT2D eigenvalue weighted by atomic mass is 35.5. The quantitative estimate of drug-likeness (QED) is 0.909. The molecule has 3 aliphatic rings. The Labute approximate surface area is 126 Å². The van der Waals surface area contributed by atoms with Gasteiger partial charge in [-0.25, -0.2) is 0 Å². The van der Waals surface area contributed by atoms with Crippen LogP contribution >= 0.6 is 12.4 Å². The van der Waals surface area contributed by atoms with E-state index in [2.05, 4.69) is 10.5 Å². The van der Waals surface area contributed by atoms with Gasteiger partial charge in [-0.05, 0) is 50.6 Å². The van der Waals surface area contributed by atoms with E-state index in [1.54, 1.807) is 0 Å². The SMILES string of the molecule is C1CCC(c2noc(C3CC34CCNCC4)n2)CC1.Cl. The van der Waals surface area contributed by atoms with Crippen molar-refractivity contribution in [2.24, 2.45) is 5.41 Å². The highest BCUT2D eigenvalue weighted by Gasteiger charge is 2.57. The van der Waals surface area contributed by atoms with E-state index < -0.39 is 0 Å². The third-order valence-corrected chi connectivity index (χ3v) is 5.51. The molecule has 1 aliphatic heterocycles. The maximum absolute atomic E-state index is 5.59. The molecule has 0 amide bonds. The fourth-order valence-electron chi connectivity index (χ4n) is 4.09. The zero-order valence-electron chi connectivity index (χ0n) is 11.9. The summed E-state index contributed by atoms with van der Waals surface area (Å²) < 4.78 is 5.59. The third kappa shape index (κ3) is 2.48. The molecule has 0 bridgehead atoms. The summed E-state index contributed by atoms with van der Waals surface area (Å²) in [6, 6.07) is 0. The molecule has 2 heterocycles. The van der Waals surface area contributed by atoms with Gasteiger partial charge in [-0.2, -0.15) is 4.98 Å². The molecule has 1 unspecified atom stereocenters. The minimum absolute atomic E-state index is 0. The molecule has 4 rings (SSSR count). The lowest BCUT2D eigenvalue weighted by Gasteiger charge is -2.22. The largest absolute Gasteiger partial charge is 0.339 e. The standard InChI is InChI=1S/C15H23N3O.ClH/c1-2-4-11(5-3-1)13-17-14(19-18-13)12-10-15(12)6-8-16-9-7-15;/h11-12,16H,1-10H2;1H. The van der Waals surface area contributed by atoms with Crippen LogP contribution in [-0.4, -0.2) is 23.2 Å². The van der Waals surface area contributed by atoms with Crippen LogP contribution in [0.15, 0.2) is 4.52 Å². The van der Waals surface area contributed by atoms with Crippen LogP contribution in [0.2, 0.25) is 0 Å². The van der Waals surface area contributed by atoms with Gasteiger partial charge in [-0.15, -0.1) is 12.4 Å². The van der Waals surface area contributed by atoms with Crippen LogP contribution in [0.3, 0.4) is 0 Å². The van der Waals surface area contributed by atoms with Gasteiger partial charge in [0, 0.05) is 11.8 Å². The number of piperidine rings is 1. The van der Waals surface area contributed by atoms with Crippen molar-refractivity contribution in [2.45, 2.75) is 63.2 Å². The molecule has 1 N–H and O–H groups in total. The molecule has 1 aromatic rings. The first kappa shape index (κ1) is 14.3. The zero-order valence-corrected chi connectivity index (χ0v) is 12.8. The molecule has 1 spiro atoms. The Balaban J connectivity index is 0.00000121. The molecule has 4 nitrogen and oxygen atoms in total. The average Bonchev–Trinajstić information content (AvgIpc) is 2.96. The van der Waals surface area contributed by atoms with Gasteiger partial charge in [-0.1, -0.05) is 24.4 Å². The molecule has 20 heavy (non-hydrogen) atoms. The first-order valence-corrected chi connectivity index (χ1v) is 7.92. The van der Waals surface area contributed by atoms with Gasteiger partial charge >= 0.3 is 0 Å². The van der Waals surface area contributed by atoms with Gasteiger partial charge in [0.1, 0.15) is 0 Å². The number of aromatic nitrogens is 2. The number of nitrogens with one attached hydrogen (secondary N) is 1. The Morgan fingerprint density at radius 1 is 1.10 bits per heavy atom. The number of rotatable bonds is 2. The Hall–Kier alpha value is -0.610. The predicted octanol–water partition coefficient (Wildman–Crippen LogP) is 3.40. The van der Waals surface area contributed by atoms with Crippen molar-refractivity contribution in [1.82, 2.24) is 15.5 Å². The minimum atomic E-state index is 0. The van der Waals surface area contributed by atoms with Gasteiger partial charge in [-0.3, -0.25) is 0 Å². The molecule has 1 atom stereocenters. The topological polar surface area (TPSA) is 51.0 Å². The van der Waals surface area contributed by atoms with Crippen molar-refractivity contribution in [3.8, 4) is 0 Å². The second kappa shape index (κ2) is 5.64. The Morgan fingerprint density at radius 3 is 2.60 bits per heavy atom. The van der Waals surface area contributed by atoms with Gasteiger partial charge in [0.25, 0.3) is 0 Å². The Bertz CT molecular complexity index is 450. The second-order valence-corrected chi connectivity index (χ2v) is 6.69.